The van der Waals surface area contributed by atoms with Gasteiger partial charge in [-0.05, 0) is 33.6 Å². The van der Waals surface area contributed by atoms with Crippen LogP contribution in [0, 0.1) is 15.9 Å². The molecule has 2 atom stereocenters. The van der Waals surface area contributed by atoms with Gasteiger partial charge in [-0.3, -0.25) is 14.9 Å². The second-order valence-electron chi connectivity index (χ2n) is 4.11. The number of carbonyl (C=O) groups excluding carboxylic acids is 1. The van der Waals surface area contributed by atoms with Crippen molar-refractivity contribution in [3.05, 3.63) is 44.2 Å². The van der Waals surface area contributed by atoms with Gasteiger partial charge in [0.15, 0.2) is 0 Å². The Kier molecular flexibility index (Phi) is 3.60. The smallest absolute Gasteiger partial charge is 0.237 e. The average Bonchev–Trinajstić information content (AvgIpc) is 2.32. The zero-order valence-electron chi connectivity index (χ0n) is 9.23. The van der Waals surface area contributed by atoms with E-state index in [2.05, 4.69) is 21.2 Å². The normalized spacial score (nSPS) is 23.6. The first-order valence-electron chi connectivity index (χ1n) is 5.37. The van der Waals surface area contributed by atoms with Crippen molar-refractivity contribution in [3.8, 4) is 0 Å². The van der Waals surface area contributed by atoms with Gasteiger partial charge in [-0.1, -0.05) is 6.07 Å². The Labute approximate surface area is 111 Å². The summed E-state index contributed by atoms with van der Waals surface area (Å²) in [5.74, 6) is -0.669. The predicted octanol–water partition coefficient (Wildman–Crippen LogP) is 2.18. The van der Waals surface area contributed by atoms with Crippen molar-refractivity contribution in [2.45, 2.75) is 24.9 Å². The molecule has 0 aromatic heterocycles. The van der Waals surface area contributed by atoms with E-state index >= 15 is 0 Å². The summed E-state index contributed by atoms with van der Waals surface area (Å²) >= 11 is 3.03. The molecule has 0 unspecified atom stereocenters. The summed E-state index contributed by atoms with van der Waals surface area (Å²) in [5, 5.41) is 13.6. The molecule has 5 nitrogen and oxygen atoms in total. The first-order chi connectivity index (χ1) is 8.49. The second-order valence-corrected chi connectivity index (χ2v) is 4.96. The maximum absolute atomic E-state index is 13.1. The van der Waals surface area contributed by atoms with Gasteiger partial charge in [0.05, 0.1) is 4.47 Å². The van der Waals surface area contributed by atoms with Crippen LogP contribution in [-0.2, 0) is 4.79 Å². The quantitative estimate of drug-likeness (QED) is 0.671. The lowest BCUT2D eigenvalue weighted by molar-refractivity contribution is -0.529. The summed E-state index contributed by atoms with van der Waals surface area (Å²) in [7, 11) is 0. The van der Waals surface area contributed by atoms with Crippen LogP contribution in [0.5, 0.6) is 0 Å². The van der Waals surface area contributed by atoms with Crippen LogP contribution in [0.2, 0.25) is 0 Å². The van der Waals surface area contributed by atoms with Gasteiger partial charge in [-0.15, -0.1) is 0 Å². The van der Waals surface area contributed by atoms with E-state index < -0.39 is 22.8 Å². The number of benzene rings is 1. The first kappa shape index (κ1) is 12.9. The maximum Gasteiger partial charge on any atom is 0.237 e. The van der Waals surface area contributed by atoms with E-state index in [-0.39, 0.29) is 23.2 Å². The summed E-state index contributed by atoms with van der Waals surface area (Å²) in [6, 6.07) is 2.55. The number of nitrogens with one attached hydrogen (secondary N) is 1. The fourth-order valence-corrected chi connectivity index (χ4v) is 2.42. The minimum atomic E-state index is -0.875. The zero-order chi connectivity index (χ0) is 13.3. The Morgan fingerprint density at radius 2 is 2.22 bits per heavy atom. The lowest BCUT2D eigenvalue weighted by Gasteiger charge is -2.26. The molecule has 1 heterocycles. The lowest BCUT2D eigenvalue weighted by Crippen LogP contribution is -2.45. The van der Waals surface area contributed by atoms with E-state index in [4.69, 9.17) is 0 Å². The standard InChI is InChI=1S/C11H10BrFN2O3/c12-7-5-6(1-2-8(7)13)11-9(15(17)18)3-4-10(16)14-11/h1-2,5,9,11H,3-4H2,(H,14,16)/t9-,11+/m1/s1. The monoisotopic (exact) mass is 316 g/mol. The van der Waals surface area contributed by atoms with Crippen molar-refractivity contribution in [1.82, 2.24) is 5.32 Å². The molecule has 0 spiro atoms. The summed E-state index contributed by atoms with van der Waals surface area (Å²) in [4.78, 5) is 21.9. The largest absolute Gasteiger partial charge is 0.343 e. The number of piperidine rings is 1. The highest BCUT2D eigenvalue weighted by Gasteiger charge is 2.38. The Balaban J connectivity index is 2.34. The summed E-state index contributed by atoms with van der Waals surface area (Å²) in [6.45, 7) is 0. The summed E-state index contributed by atoms with van der Waals surface area (Å²) in [5.41, 5.74) is 0.526. The molecule has 1 amide bonds. The van der Waals surface area contributed by atoms with Crippen LogP contribution in [0.25, 0.3) is 0 Å². The number of halogens is 2. The molecule has 0 aliphatic carbocycles. The minimum Gasteiger partial charge on any atom is -0.343 e. The third kappa shape index (κ3) is 2.50. The van der Waals surface area contributed by atoms with Crippen LogP contribution in [0.1, 0.15) is 24.4 Å². The van der Waals surface area contributed by atoms with Gasteiger partial charge in [0.1, 0.15) is 11.9 Å². The highest BCUT2D eigenvalue weighted by Crippen LogP contribution is 2.28. The molecular weight excluding hydrogens is 307 g/mol. The van der Waals surface area contributed by atoms with Crippen LogP contribution in [0.15, 0.2) is 22.7 Å². The Morgan fingerprint density at radius 3 is 2.83 bits per heavy atom. The van der Waals surface area contributed by atoms with E-state index in [1.807, 2.05) is 0 Å². The summed E-state index contributed by atoms with van der Waals surface area (Å²) in [6.07, 6.45) is 0.336. The predicted molar refractivity (Wildman–Crippen MR) is 65.0 cm³/mol. The van der Waals surface area contributed by atoms with Gasteiger partial charge in [0.25, 0.3) is 0 Å². The zero-order valence-corrected chi connectivity index (χ0v) is 10.8. The molecule has 1 N–H and O–H groups in total. The van der Waals surface area contributed by atoms with Gasteiger partial charge >= 0.3 is 0 Å². The molecule has 7 heteroatoms. The topological polar surface area (TPSA) is 72.2 Å². The van der Waals surface area contributed by atoms with Crippen LogP contribution in [0.4, 0.5) is 4.39 Å². The molecular formula is C11H10BrFN2O3. The molecule has 1 aromatic rings. The number of rotatable bonds is 2. The third-order valence-electron chi connectivity index (χ3n) is 2.94. The molecule has 1 aliphatic heterocycles. The van der Waals surface area contributed by atoms with Gasteiger partial charge in [0.2, 0.25) is 11.9 Å². The number of amides is 1. The van der Waals surface area contributed by atoms with Gasteiger partial charge in [0, 0.05) is 17.8 Å². The van der Waals surface area contributed by atoms with Crippen LogP contribution in [-0.4, -0.2) is 16.9 Å². The highest BCUT2D eigenvalue weighted by molar-refractivity contribution is 9.10. The Morgan fingerprint density at radius 1 is 1.50 bits per heavy atom. The second kappa shape index (κ2) is 5.01. The SMILES string of the molecule is O=C1CC[C@@H]([N+](=O)[O-])[C@H](c2ccc(F)c(Br)c2)N1. The van der Waals surface area contributed by atoms with E-state index in [1.165, 1.54) is 18.2 Å². The molecule has 96 valence electrons. The number of hydrogen-bond acceptors (Lipinski definition) is 3. The van der Waals surface area contributed by atoms with Gasteiger partial charge in [-0.2, -0.15) is 0 Å². The van der Waals surface area contributed by atoms with E-state index in [9.17, 15) is 19.3 Å². The number of carbonyl (C=O) groups is 1. The van der Waals surface area contributed by atoms with Crippen LogP contribution >= 0.6 is 15.9 Å². The number of nitrogens with zero attached hydrogens (tertiary/aromatic N) is 1. The molecule has 0 bridgehead atoms. The van der Waals surface area contributed by atoms with E-state index in [0.717, 1.165) is 0 Å². The van der Waals surface area contributed by atoms with E-state index in [1.54, 1.807) is 0 Å². The lowest BCUT2D eigenvalue weighted by atomic mass is 9.92. The van der Waals surface area contributed by atoms with Crippen molar-refractivity contribution in [1.29, 1.82) is 0 Å². The molecule has 0 radical (unpaired) electrons. The molecule has 18 heavy (non-hydrogen) atoms. The maximum atomic E-state index is 13.1. The van der Waals surface area contributed by atoms with Gasteiger partial charge in [-0.25, -0.2) is 4.39 Å². The third-order valence-corrected chi connectivity index (χ3v) is 3.55. The van der Waals surface area contributed by atoms with Crippen molar-refractivity contribution in [2.75, 3.05) is 0 Å². The minimum absolute atomic E-state index is 0.143. The molecule has 1 fully saturated rings. The van der Waals surface area contributed by atoms with Crippen LogP contribution in [0.3, 0.4) is 0 Å². The van der Waals surface area contributed by atoms with Crippen LogP contribution < -0.4 is 5.32 Å². The molecule has 0 saturated carbocycles. The molecule has 1 saturated heterocycles. The Bertz CT molecular complexity index is 509. The first-order valence-corrected chi connectivity index (χ1v) is 6.16. The summed E-state index contributed by atoms with van der Waals surface area (Å²) < 4.78 is 13.4. The number of hydrogen-bond donors (Lipinski definition) is 1. The van der Waals surface area contributed by atoms with E-state index in [0.29, 0.717) is 5.56 Å². The number of nitro groups is 1. The molecule has 1 aliphatic rings. The highest BCUT2D eigenvalue weighted by atomic mass is 79.9. The van der Waals surface area contributed by atoms with Gasteiger partial charge < -0.3 is 5.32 Å². The van der Waals surface area contributed by atoms with Crippen molar-refractivity contribution < 1.29 is 14.1 Å². The van der Waals surface area contributed by atoms with Crippen molar-refractivity contribution >= 4 is 21.8 Å². The average molecular weight is 317 g/mol. The fourth-order valence-electron chi connectivity index (χ4n) is 2.03. The molecule has 2 rings (SSSR count). The fraction of sp³-hybridized carbons (Fsp3) is 0.364. The Hall–Kier alpha value is -1.50. The molecule has 1 aromatic carbocycles. The van der Waals surface area contributed by atoms with Crippen molar-refractivity contribution in [2.24, 2.45) is 0 Å². The van der Waals surface area contributed by atoms with Crippen molar-refractivity contribution in [3.63, 3.8) is 0 Å².